The second kappa shape index (κ2) is 15.5. The molecule has 2 aliphatic rings. The summed E-state index contributed by atoms with van der Waals surface area (Å²) in [5.41, 5.74) is 9.56. The van der Waals surface area contributed by atoms with E-state index < -0.39 is 0 Å². The van der Waals surface area contributed by atoms with Crippen LogP contribution >= 0.6 is 0 Å². The van der Waals surface area contributed by atoms with E-state index in [1.807, 2.05) is 43.2 Å². The van der Waals surface area contributed by atoms with Crippen molar-refractivity contribution in [3.63, 3.8) is 0 Å². The summed E-state index contributed by atoms with van der Waals surface area (Å²) in [5.74, 6) is 2.82. The predicted molar refractivity (Wildman–Crippen MR) is 219 cm³/mol. The van der Waals surface area contributed by atoms with Crippen molar-refractivity contribution in [2.45, 2.75) is 111 Å². The minimum absolute atomic E-state index is 0.0679. The lowest BCUT2D eigenvalue weighted by Gasteiger charge is -2.23. The highest BCUT2D eigenvalue weighted by Crippen LogP contribution is 2.31. The molecule has 10 heteroatoms. The van der Waals surface area contributed by atoms with Crippen molar-refractivity contribution in [3.05, 3.63) is 95.5 Å². The first-order valence-corrected chi connectivity index (χ1v) is 18.6. The molecule has 0 aromatic carbocycles. The Morgan fingerprint density at radius 2 is 1.13 bits per heavy atom. The monoisotopic (exact) mass is 717 g/mol. The molecular formula is C43H59N9O. The number of anilines is 2. The van der Waals surface area contributed by atoms with E-state index in [4.69, 9.17) is 4.74 Å². The van der Waals surface area contributed by atoms with Crippen LogP contribution in [0.5, 0.6) is 5.75 Å². The van der Waals surface area contributed by atoms with E-state index >= 15 is 0 Å². The lowest BCUT2D eigenvalue weighted by Crippen LogP contribution is -2.20. The minimum Gasteiger partial charge on any atom is -0.488 e. The van der Waals surface area contributed by atoms with Crippen LogP contribution in [0.4, 0.5) is 11.6 Å². The third-order valence-electron chi connectivity index (χ3n) is 9.19. The number of hydrogen-bond donors (Lipinski definition) is 4. The van der Waals surface area contributed by atoms with Gasteiger partial charge < -0.3 is 25.3 Å². The smallest absolute Gasteiger partial charge is 0.168 e. The molecule has 0 bridgehead atoms. The van der Waals surface area contributed by atoms with Crippen LogP contribution in [0.1, 0.15) is 111 Å². The van der Waals surface area contributed by atoms with Crippen LogP contribution in [0.2, 0.25) is 0 Å². The van der Waals surface area contributed by atoms with Crippen molar-refractivity contribution in [1.82, 2.24) is 34.9 Å². The Hall–Kier alpha value is -4.99. The fourth-order valence-electron chi connectivity index (χ4n) is 5.56. The Kier molecular flexibility index (Phi) is 11.5. The normalized spacial score (nSPS) is 13.8. The number of H-pyrrole nitrogens is 2. The largest absolute Gasteiger partial charge is 0.488 e. The van der Waals surface area contributed by atoms with E-state index in [0.717, 1.165) is 66.0 Å². The van der Waals surface area contributed by atoms with E-state index in [1.54, 1.807) is 0 Å². The molecule has 2 aliphatic heterocycles. The molecular weight excluding hydrogens is 659 g/mol. The van der Waals surface area contributed by atoms with Crippen LogP contribution in [0, 0.1) is 0 Å². The summed E-state index contributed by atoms with van der Waals surface area (Å²) in [5, 5.41) is 7.66. The molecule has 8 rings (SSSR count). The van der Waals surface area contributed by atoms with Gasteiger partial charge in [0.2, 0.25) is 0 Å². The summed E-state index contributed by atoms with van der Waals surface area (Å²) in [6.07, 6.45) is 12.6. The van der Waals surface area contributed by atoms with Crippen molar-refractivity contribution in [3.8, 4) is 5.75 Å². The summed E-state index contributed by atoms with van der Waals surface area (Å²) in [7, 11) is 0. The maximum absolute atomic E-state index is 5.53. The number of aromatic nitrogens is 7. The average Bonchev–Trinajstić information content (AvgIpc) is 3.87. The van der Waals surface area contributed by atoms with Gasteiger partial charge in [0.25, 0.3) is 0 Å². The number of ether oxygens (including phenoxy) is 1. The lowest BCUT2D eigenvalue weighted by atomic mass is 9.87. The van der Waals surface area contributed by atoms with Crippen LogP contribution in [-0.2, 0) is 28.1 Å². The highest BCUT2D eigenvalue weighted by atomic mass is 16.5. The highest BCUT2D eigenvalue weighted by molar-refractivity contribution is 5.76. The fraction of sp³-hybridized carbons (Fsp3) is 0.465. The Labute approximate surface area is 315 Å². The zero-order valence-electron chi connectivity index (χ0n) is 33.8. The van der Waals surface area contributed by atoms with Crippen molar-refractivity contribution in [2.24, 2.45) is 0 Å². The zero-order chi connectivity index (χ0) is 38.6. The number of fused-ring (bicyclic) bond motifs is 4. The number of nitrogens with one attached hydrogen (secondary N) is 4. The van der Waals surface area contributed by atoms with E-state index in [2.05, 4.69) is 153 Å². The summed E-state index contributed by atoms with van der Waals surface area (Å²) in [4.78, 5) is 28.0. The molecule has 53 heavy (non-hydrogen) atoms. The summed E-state index contributed by atoms with van der Waals surface area (Å²) < 4.78 is 5.53. The zero-order valence-corrected chi connectivity index (χ0v) is 33.8. The van der Waals surface area contributed by atoms with Gasteiger partial charge in [-0.2, -0.15) is 0 Å². The molecule has 0 spiro atoms. The summed E-state index contributed by atoms with van der Waals surface area (Å²) in [6, 6.07) is 10.5. The second-order valence-corrected chi connectivity index (χ2v) is 17.9. The first kappa shape index (κ1) is 39.2. The van der Waals surface area contributed by atoms with E-state index in [1.165, 1.54) is 27.6 Å². The first-order valence-electron chi connectivity index (χ1n) is 18.6. The Morgan fingerprint density at radius 1 is 0.566 bits per heavy atom. The van der Waals surface area contributed by atoms with Crippen LogP contribution in [0.15, 0.2) is 67.5 Å². The van der Waals surface area contributed by atoms with Gasteiger partial charge in [-0.05, 0) is 69.2 Å². The van der Waals surface area contributed by atoms with Gasteiger partial charge in [0.05, 0.1) is 18.4 Å². The molecule has 0 saturated heterocycles. The number of nitrogens with zero attached hydrogens (tertiary/aromatic N) is 5. The first-order chi connectivity index (χ1) is 24.8. The Balaban J connectivity index is 0.000000136. The van der Waals surface area contributed by atoms with Gasteiger partial charge in [-0.1, -0.05) is 89.2 Å². The summed E-state index contributed by atoms with van der Waals surface area (Å²) >= 11 is 0. The quantitative estimate of drug-likeness (QED) is 0.122. The van der Waals surface area contributed by atoms with Gasteiger partial charge in [0, 0.05) is 48.3 Å². The van der Waals surface area contributed by atoms with Gasteiger partial charge in [0.1, 0.15) is 23.6 Å². The molecule has 0 atom stereocenters. The van der Waals surface area contributed by atoms with Crippen molar-refractivity contribution in [2.75, 3.05) is 30.3 Å². The molecule has 0 amide bonds. The number of hydrogen-bond acceptors (Lipinski definition) is 8. The van der Waals surface area contributed by atoms with Gasteiger partial charge in [-0.25, -0.2) is 24.9 Å². The van der Waals surface area contributed by atoms with Gasteiger partial charge in [-0.3, -0.25) is 0 Å². The lowest BCUT2D eigenvalue weighted by molar-refractivity contribution is 0.320. The molecule has 8 heterocycles. The summed E-state index contributed by atoms with van der Waals surface area (Å²) in [6.45, 7) is 28.8. The molecule has 0 aliphatic carbocycles. The predicted octanol–water partition coefficient (Wildman–Crippen LogP) is 9.65. The average molecular weight is 718 g/mol. The molecule has 0 radical (unpaired) electrons. The number of pyridine rings is 3. The standard InChI is InChI=1S/C11H16N2O.C11H16N2.C11H14N2.C10H13N3/c1-11(2,3)8-6-9-10(13-7-8)12-4-5-14-9;2*1-11(2,3)9-6-8-4-5-12-10(8)13-7-9;1-10(2,3)8-6-12-9-7(13-8)4-5-11-9/h6-7H,4-5H2,1-3H3,(H,12,13);6-7H,4-5H2,1-3H3,(H,12,13);4-7H,1-3H3,(H,12,13);4-6H,1-3H3,(H,11,12). The van der Waals surface area contributed by atoms with Crippen molar-refractivity contribution >= 4 is 33.8 Å². The molecule has 10 nitrogen and oxygen atoms in total. The minimum atomic E-state index is 0.0679. The van der Waals surface area contributed by atoms with Gasteiger partial charge >= 0.3 is 0 Å². The van der Waals surface area contributed by atoms with E-state index in [9.17, 15) is 0 Å². The van der Waals surface area contributed by atoms with E-state index in [-0.39, 0.29) is 21.7 Å². The fourth-order valence-corrected chi connectivity index (χ4v) is 5.56. The maximum atomic E-state index is 5.53. The van der Waals surface area contributed by atoms with Crippen molar-refractivity contribution in [1.29, 1.82) is 0 Å². The van der Waals surface area contributed by atoms with Crippen LogP contribution in [0.3, 0.4) is 0 Å². The van der Waals surface area contributed by atoms with Gasteiger partial charge in [0.15, 0.2) is 17.2 Å². The van der Waals surface area contributed by atoms with Crippen LogP contribution < -0.4 is 15.4 Å². The van der Waals surface area contributed by atoms with E-state index in [0.29, 0.717) is 0 Å². The highest BCUT2D eigenvalue weighted by Gasteiger charge is 2.20. The molecule has 6 aromatic heterocycles. The third kappa shape index (κ3) is 10.3. The van der Waals surface area contributed by atoms with Crippen LogP contribution in [0.25, 0.3) is 22.2 Å². The maximum Gasteiger partial charge on any atom is 0.168 e. The van der Waals surface area contributed by atoms with Crippen molar-refractivity contribution < 1.29 is 4.74 Å². The second-order valence-electron chi connectivity index (χ2n) is 17.9. The molecule has 4 N–H and O–H groups in total. The Bertz CT molecular complexity index is 2030. The molecule has 0 unspecified atom stereocenters. The topological polar surface area (TPSA) is 129 Å². The van der Waals surface area contributed by atoms with Gasteiger partial charge in [-0.15, -0.1) is 0 Å². The SMILES string of the molecule is CC(C)(C)c1cnc2[nH]ccc2c1.CC(C)(C)c1cnc2[nH]ccc2n1.CC(C)(C)c1cnc2c(c1)CCN2.CC(C)(C)c1cnc2c(c1)OCCN2. The molecule has 6 aromatic rings. The Morgan fingerprint density at radius 3 is 1.81 bits per heavy atom. The van der Waals surface area contributed by atoms with Crippen LogP contribution in [-0.4, -0.2) is 54.6 Å². The molecule has 282 valence electrons. The molecule has 0 fully saturated rings. The third-order valence-corrected chi connectivity index (χ3v) is 9.19. The number of rotatable bonds is 0. The number of aromatic amines is 2. The molecule has 0 saturated carbocycles.